The Morgan fingerprint density at radius 2 is 1.97 bits per heavy atom. The van der Waals surface area contributed by atoms with Crippen LogP contribution in [0.4, 0.5) is 13.2 Å². The summed E-state index contributed by atoms with van der Waals surface area (Å²) in [4.78, 5) is 27.4. The van der Waals surface area contributed by atoms with Gasteiger partial charge in [-0.3, -0.25) is 9.78 Å². The van der Waals surface area contributed by atoms with Crippen molar-refractivity contribution in [1.29, 1.82) is 0 Å². The van der Waals surface area contributed by atoms with Gasteiger partial charge >= 0.3 is 12.1 Å². The molecule has 2 aliphatic rings. The molecule has 6 nitrogen and oxygen atoms in total. The van der Waals surface area contributed by atoms with Crippen LogP contribution in [0.5, 0.6) is 5.75 Å². The molecule has 0 saturated carbocycles. The number of hydrogen-bond donors (Lipinski definition) is 1. The fourth-order valence-corrected chi connectivity index (χ4v) is 5.02. The normalized spacial score (nSPS) is 19.2. The van der Waals surface area contributed by atoms with E-state index in [1.165, 1.54) is 0 Å². The van der Waals surface area contributed by atoms with E-state index in [2.05, 4.69) is 4.98 Å². The van der Waals surface area contributed by atoms with Gasteiger partial charge in [-0.1, -0.05) is 17.7 Å². The zero-order chi connectivity index (χ0) is 22.6. The van der Waals surface area contributed by atoms with Gasteiger partial charge in [-0.05, 0) is 30.3 Å². The van der Waals surface area contributed by atoms with Gasteiger partial charge < -0.3 is 14.7 Å². The first-order chi connectivity index (χ1) is 14.6. The minimum absolute atomic E-state index is 0.0559. The number of ether oxygens (including phenoxy) is 1. The molecular formula is C20H18ClF3N2O4S. The summed E-state index contributed by atoms with van der Waals surface area (Å²) in [6, 6.07) is 10.9. The molecule has 1 aromatic heterocycles. The average molecular weight is 475 g/mol. The number of nitrogens with zero attached hydrogens (tertiary/aromatic N) is 2. The summed E-state index contributed by atoms with van der Waals surface area (Å²) in [5.41, 5.74) is 0.656. The molecule has 1 spiro atoms. The second kappa shape index (κ2) is 9.35. The number of carbonyl (C=O) groups excluding carboxylic acids is 1. The monoisotopic (exact) mass is 474 g/mol. The zero-order valence-corrected chi connectivity index (χ0v) is 17.6. The highest BCUT2D eigenvalue weighted by Gasteiger charge is 2.51. The van der Waals surface area contributed by atoms with E-state index < -0.39 is 12.1 Å². The summed E-state index contributed by atoms with van der Waals surface area (Å²) in [6.07, 6.45) is -0.456. The predicted molar refractivity (Wildman–Crippen MR) is 110 cm³/mol. The van der Waals surface area contributed by atoms with Crippen LogP contribution in [0.1, 0.15) is 16.8 Å². The number of halogens is 4. The third-order valence-corrected chi connectivity index (χ3v) is 6.48. The van der Waals surface area contributed by atoms with Gasteiger partial charge in [0.2, 0.25) is 0 Å². The highest BCUT2D eigenvalue weighted by molar-refractivity contribution is 8.01. The van der Waals surface area contributed by atoms with Crippen LogP contribution in [-0.2, 0) is 4.79 Å². The number of thioether (sulfide) groups is 1. The third-order valence-electron chi connectivity index (χ3n) is 4.67. The van der Waals surface area contributed by atoms with E-state index in [0.29, 0.717) is 10.6 Å². The van der Waals surface area contributed by atoms with E-state index >= 15 is 0 Å². The number of carboxylic acids is 1. The first kappa shape index (κ1) is 23.2. The Morgan fingerprint density at radius 3 is 2.55 bits per heavy atom. The number of amides is 1. The molecule has 1 N–H and O–H groups in total. The number of likely N-dealkylation sites (tertiary alicyclic amines) is 1. The largest absolute Gasteiger partial charge is 0.490 e. The van der Waals surface area contributed by atoms with Crippen molar-refractivity contribution in [3.63, 3.8) is 0 Å². The summed E-state index contributed by atoms with van der Waals surface area (Å²) in [6.45, 7) is 1.55. The number of aliphatic carboxylic acids is 1. The second-order valence-corrected chi connectivity index (χ2v) is 9.03. The van der Waals surface area contributed by atoms with Crippen molar-refractivity contribution in [3.05, 3.63) is 59.4 Å². The molecule has 166 valence electrons. The smallest absolute Gasteiger partial charge is 0.488 e. The Balaban J connectivity index is 0.000000339. The molecule has 3 heterocycles. The van der Waals surface area contributed by atoms with Crippen LogP contribution in [0, 0.1) is 0 Å². The number of hydrogen-bond acceptors (Lipinski definition) is 5. The van der Waals surface area contributed by atoms with E-state index in [1.54, 1.807) is 24.5 Å². The Hall–Kier alpha value is -2.46. The van der Waals surface area contributed by atoms with Gasteiger partial charge in [0.25, 0.3) is 5.91 Å². The van der Waals surface area contributed by atoms with Crippen LogP contribution < -0.4 is 4.74 Å². The number of rotatable bonds is 3. The van der Waals surface area contributed by atoms with Crippen LogP contribution in [0.25, 0.3) is 0 Å². The molecule has 0 aliphatic carbocycles. The molecule has 1 unspecified atom stereocenters. The van der Waals surface area contributed by atoms with E-state index in [9.17, 15) is 18.0 Å². The van der Waals surface area contributed by atoms with E-state index in [-0.39, 0.29) is 16.8 Å². The summed E-state index contributed by atoms with van der Waals surface area (Å²) < 4.78 is 37.9. The number of alkyl halides is 3. The Kier molecular flexibility index (Phi) is 7.00. The lowest BCUT2D eigenvalue weighted by Crippen LogP contribution is -2.60. The number of carbonyl (C=O) groups is 2. The summed E-state index contributed by atoms with van der Waals surface area (Å²) in [7, 11) is 0. The van der Waals surface area contributed by atoms with Crippen molar-refractivity contribution < 1.29 is 32.6 Å². The maximum Gasteiger partial charge on any atom is 0.490 e. The van der Waals surface area contributed by atoms with Gasteiger partial charge in [0.15, 0.2) is 0 Å². The second-order valence-electron chi connectivity index (χ2n) is 7.10. The lowest BCUT2D eigenvalue weighted by molar-refractivity contribution is -0.192. The fourth-order valence-electron chi connectivity index (χ4n) is 3.30. The summed E-state index contributed by atoms with van der Waals surface area (Å²) >= 11 is 7.89. The van der Waals surface area contributed by atoms with Crippen LogP contribution in [-0.4, -0.2) is 62.7 Å². The van der Waals surface area contributed by atoms with Crippen molar-refractivity contribution in [2.24, 2.45) is 0 Å². The van der Waals surface area contributed by atoms with Crippen molar-refractivity contribution in [3.8, 4) is 5.75 Å². The van der Waals surface area contributed by atoms with Crippen molar-refractivity contribution in [1.82, 2.24) is 9.88 Å². The molecule has 4 rings (SSSR count). The minimum Gasteiger partial charge on any atom is -0.488 e. The first-order valence-electron chi connectivity index (χ1n) is 9.14. The molecule has 0 radical (unpaired) electrons. The highest BCUT2D eigenvalue weighted by Crippen LogP contribution is 2.46. The minimum atomic E-state index is -5.08. The maximum atomic E-state index is 12.5. The Morgan fingerprint density at radius 1 is 1.26 bits per heavy atom. The molecule has 2 aromatic rings. The lowest BCUT2D eigenvalue weighted by Gasteiger charge is -2.47. The van der Waals surface area contributed by atoms with Crippen LogP contribution in [0.3, 0.4) is 0 Å². The molecule has 2 aliphatic heterocycles. The van der Waals surface area contributed by atoms with Gasteiger partial charge in [0.1, 0.15) is 11.9 Å². The van der Waals surface area contributed by atoms with Gasteiger partial charge in [-0.2, -0.15) is 13.2 Å². The number of benzene rings is 1. The molecular weight excluding hydrogens is 457 g/mol. The Bertz CT molecular complexity index is 940. The van der Waals surface area contributed by atoms with Gasteiger partial charge in [0.05, 0.1) is 10.9 Å². The topological polar surface area (TPSA) is 79.7 Å². The van der Waals surface area contributed by atoms with Crippen molar-refractivity contribution in [2.75, 3.05) is 18.8 Å². The number of aromatic nitrogens is 1. The molecule has 1 amide bonds. The number of carboxylic acid groups (broad SMARTS) is 1. The molecule has 0 bridgehead atoms. The highest BCUT2D eigenvalue weighted by atomic mass is 35.5. The standard InChI is InChI=1S/C18H17ClN2O2S.C2HF3O2/c19-14-4-1-3-13(7-14)17(22)21-11-18(12-21)8-16(10-24-18)23-15-5-2-6-20-9-15;3-2(4,5)1(6)7/h1-7,9,16H,8,10-12H2;(H,6,7). The summed E-state index contributed by atoms with van der Waals surface area (Å²) in [5, 5.41) is 7.72. The van der Waals surface area contributed by atoms with Crippen molar-refractivity contribution in [2.45, 2.75) is 23.4 Å². The molecule has 31 heavy (non-hydrogen) atoms. The van der Waals surface area contributed by atoms with Crippen LogP contribution in [0.15, 0.2) is 48.8 Å². The lowest BCUT2D eigenvalue weighted by atomic mass is 9.92. The first-order valence-corrected chi connectivity index (χ1v) is 10.5. The number of pyridine rings is 1. The molecule has 11 heteroatoms. The van der Waals surface area contributed by atoms with Gasteiger partial charge in [-0.15, -0.1) is 11.8 Å². The average Bonchev–Trinajstić information content (AvgIpc) is 3.11. The SMILES string of the molecule is O=C(O)C(F)(F)F.O=C(c1cccc(Cl)c1)N1CC2(CC(Oc3cccnc3)CS2)C1. The molecule has 2 saturated heterocycles. The third kappa shape index (κ3) is 6.04. The predicted octanol–water partition coefficient (Wildman–Crippen LogP) is 4.15. The van der Waals surface area contributed by atoms with Gasteiger partial charge in [-0.25, -0.2) is 4.79 Å². The molecule has 2 fully saturated rings. The summed E-state index contributed by atoms with van der Waals surface area (Å²) in [5.74, 6) is -0.937. The molecule has 1 aromatic carbocycles. The van der Waals surface area contributed by atoms with Crippen LogP contribution >= 0.6 is 23.4 Å². The Labute approximate surface area is 185 Å². The van der Waals surface area contributed by atoms with Crippen LogP contribution in [0.2, 0.25) is 5.02 Å². The quantitative estimate of drug-likeness (QED) is 0.720. The van der Waals surface area contributed by atoms with Gasteiger partial charge in [0, 0.05) is 42.0 Å². The van der Waals surface area contributed by atoms with Crippen molar-refractivity contribution >= 4 is 35.2 Å². The zero-order valence-electron chi connectivity index (χ0n) is 16.0. The van der Waals surface area contributed by atoms with E-state index in [0.717, 1.165) is 31.0 Å². The molecule has 1 atom stereocenters. The maximum absolute atomic E-state index is 12.5. The fraction of sp³-hybridized carbons (Fsp3) is 0.350. The van der Waals surface area contributed by atoms with E-state index in [4.69, 9.17) is 26.2 Å². The van der Waals surface area contributed by atoms with E-state index in [1.807, 2.05) is 40.9 Å².